The van der Waals surface area contributed by atoms with Gasteiger partial charge in [0.2, 0.25) is 0 Å². The van der Waals surface area contributed by atoms with Gasteiger partial charge in [0.15, 0.2) is 0 Å². The number of hydrogen-bond donors (Lipinski definition) is 0. The van der Waals surface area contributed by atoms with E-state index >= 15 is 0 Å². The molecular weight excluding hydrogens is 236 g/mol. The fourth-order valence-corrected chi connectivity index (χ4v) is 1.77. The van der Waals surface area contributed by atoms with Crippen LogP contribution < -0.4 is 4.74 Å². The van der Waals surface area contributed by atoms with Crippen molar-refractivity contribution in [3.8, 4) is 5.75 Å². The van der Waals surface area contributed by atoms with Crippen molar-refractivity contribution >= 4 is 22.5 Å². The maximum Gasteiger partial charge on any atom is 0.387 e. The second kappa shape index (κ2) is 4.22. The molecule has 0 aliphatic rings. The highest BCUT2D eigenvalue weighted by Crippen LogP contribution is 2.25. The summed E-state index contributed by atoms with van der Waals surface area (Å²) < 4.78 is 28.3. The van der Waals surface area contributed by atoms with Crippen molar-refractivity contribution < 1.29 is 13.5 Å². The molecular formula is C11H8ClF2NO. The molecule has 0 atom stereocenters. The quantitative estimate of drug-likeness (QED) is 0.749. The number of benzene rings is 1. The minimum atomic E-state index is -2.84. The van der Waals surface area contributed by atoms with Gasteiger partial charge in [0.1, 0.15) is 10.9 Å². The Hall–Kier alpha value is -1.42. The average Bonchev–Trinajstić information content (AvgIpc) is 2.15. The minimum Gasteiger partial charge on any atom is -0.435 e. The third-order valence-electron chi connectivity index (χ3n) is 2.18. The SMILES string of the molecule is Cc1cc(Cl)nc2cc(OC(F)F)ccc12. The molecule has 0 bridgehead atoms. The van der Waals surface area contributed by atoms with Gasteiger partial charge in [0.25, 0.3) is 0 Å². The highest BCUT2D eigenvalue weighted by Gasteiger charge is 2.07. The van der Waals surface area contributed by atoms with E-state index in [1.54, 1.807) is 12.1 Å². The Bertz CT molecular complexity index is 531. The van der Waals surface area contributed by atoms with Crippen LogP contribution in [0.5, 0.6) is 5.75 Å². The number of pyridine rings is 1. The molecule has 2 aromatic rings. The Morgan fingerprint density at radius 1 is 1.31 bits per heavy atom. The predicted molar refractivity (Wildman–Crippen MR) is 58.1 cm³/mol. The summed E-state index contributed by atoms with van der Waals surface area (Å²) in [6, 6.07) is 6.33. The first-order valence-corrected chi connectivity index (χ1v) is 4.96. The van der Waals surface area contributed by atoms with E-state index in [4.69, 9.17) is 11.6 Å². The fraction of sp³-hybridized carbons (Fsp3) is 0.182. The first-order valence-electron chi connectivity index (χ1n) is 4.58. The Labute approximate surface area is 95.8 Å². The van der Waals surface area contributed by atoms with E-state index in [2.05, 4.69) is 9.72 Å². The Morgan fingerprint density at radius 2 is 2.06 bits per heavy atom. The van der Waals surface area contributed by atoms with Gasteiger partial charge in [0.05, 0.1) is 5.52 Å². The van der Waals surface area contributed by atoms with Crippen LogP contribution in [0.25, 0.3) is 10.9 Å². The van der Waals surface area contributed by atoms with Crippen LogP contribution in [0.3, 0.4) is 0 Å². The summed E-state index contributed by atoms with van der Waals surface area (Å²) in [5.74, 6) is 0.0802. The molecule has 1 aromatic heterocycles. The maximum atomic E-state index is 12.0. The predicted octanol–water partition coefficient (Wildman–Crippen LogP) is 3.80. The van der Waals surface area contributed by atoms with E-state index in [-0.39, 0.29) is 5.75 Å². The van der Waals surface area contributed by atoms with Gasteiger partial charge in [-0.1, -0.05) is 11.6 Å². The van der Waals surface area contributed by atoms with Gasteiger partial charge in [-0.05, 0) is 30.7 Å². The lowest BCUT2D eigenvalue weighted by Crippen LogP contribution is -2.01. The van der Waals surface area contributed by atoms with Crippen molar-refractivity contribution in [3.05, 3.63) is 35.0 Å². The standard InChI is InChI=1S/C11H8ClF2NO/c1-6-4-10(12)15-9-5-7(16-11(13)14)2-3-8(6)9/h2-5,11H,1H3. The molecule has 2 nitrogen and oxygen atoms in total. The molecule has 0 radical (unpaired) electrons. The highest BCUT2D eigenvalue weighted by molar-refractivity contribution is 6.29. The van der Waals surface area contributed by atoms with Crippen LogP contribution in [0.1, 0.15) is 5.56 Å². The van der Waals surface area contributed by atoms with Crippen molar-refractivity contribution in [3.63, 3.8) is 0 Å². The summed E-state index contributed by atoms with van der Waals surface area (Å²) in [5, 5.41) is 1.20. The van der Waals surface area contributed by atoms with E-state index in [1.165, 1.54) is 12.1 Å². The molecule has 1 heterocycles. The third-order valence-corrected chi connectivity index (χ3v) is 2.38. The van der Waals surface area contributed by atoms with Crippen LogP contribution in [0.15, 0.2) is 24.3 Å². The summed E-state index contributed by atoms with van der Waals surface area (Å²) in [6.45, 7) is -0.957. The zero-order chi connectivity index (χ0) is 11.7. The molecule has 0 unspecified atom stereocenters. The summed E-state index contributed by atoms with van der Waals surface area (Å²) >= 11 is 5.78. The summed E-state index contributed by atoms with van der Waals surface area (Å²) in [7, 11) is 0. The second-order valence-electron chi connectivity index (χ2n) is 3.32. The first kappa shape index (κ1) is 11.1. The fourth-order valence-electron chi connectivity index (χ4n) is 1.52. The molecule has 16 heavy (non-hydrogen) atoms. The van der Waals surface area contributed by atoms with Gasteiger partial charge in [-0.2, -0.15) is 8.78 Å². The summed E-state index contributed by atoms with van der Waals surface area (Å²) in [4.78, 5) is 4.04. The summed E-state index contributed by atoms with van der Waals surface area (Å²) in [5.41, 5.74) is 1.49. The number of hydrogen-bond acceptors (Lipinski definition) is 2. The van der Waals surface area contributed by atoms with Crippen LogP contribution in [0.4, 0.5) is 8.78 Å². The Kier molecular flexibility index (Phi) is 2.92. The van der Waals surface area contributed by atoms with Gasteiger partial charge in [-0.25, -0.2) is 4.98 Å². The summed E-state index contributed by atoms with van der Waals surface area (Å²) in [6.07, 6.45) is 0. The lowest BCUT2D eigenvalue weighted by Gasteiger charge is -2.07. The second-order valence-corrected chi connectivity index (χ2v) is 3.71. The van der Waals surface area contributed by atoms with Crippen molar-refractivity contribution in [1.29, 1.82) is 0 Å². The molecule has 0 aliphatic carbocycles. The van der Waals surface area contributed by atoms with E-state index in [0.29, 0.717) is 10.7 Å². The Morgan fingerprint density at radius 3 is 2.75 bits per heavy atom. The largest absolute Gasteiger partial charge is 0.435 e. The van der Waals surface area contributed by atoms with Crippen molar-refractivity contribution in [2.24, 2.45) is 0 Å². The number of aromatic nitrogens is 1. The van der Waals surface area contributed by atoms with Crippen molar-refractivity contribution in [1.82, 2.24) is 4.98 Å². The first-order chi connectivity index (χ1) is 7.56. The molecule has 0 spiro atoms. The molecule has 84 valence electrons. The molecule has 0 N–H and O–H groups in total. The van der Waals surface area contributed by atoms with Crippen LogP contribution >= 0.6 is 11.6 Å². The molecule has 0 aliphatic heterocycles. The van der Waals surface area contributed by atoms with Crippen LogP contribution in [0.2, 0.25) is 5.15 Å². The minimum absolute atomic E-state index is 0.0802. The average molecular weight is 244 g/mol. The van der Waals surface area contributed by atoms with E-state index in [0.717, 1.165) is 10.9 Å². The van der Waals surface area contributed by atoms with Gasteiger partial charge >= 0.3 is 6.61 Å². The zero-order valence-electron chi connectivity index (χ0n) is 8.38. The number of fused-ring (bicyclic) bond motifs is 1. The van der Waals surface area contributed by atoms with Crippen molar-refractivity contribution in [2.75, 3.05) is 0 Å². The topological polar surface area (TPSA) is 22.1 Å². The molecule has 0 fully saturated rings. The molecule has 0 saturated heterocycles. The van der Waals surface area contributed by atoms with E-state index in [1.807, 2.05) is 6.92 Å². The van der Waals surface area contributed by atoms with Crippen molar-refractivity contribution in [2.45, 2.75) is 13.5 Å². The number of alkyl halides is 2. The van der Waals surface area contributed by atoms with Gasteiger partial charge < -0.3 is 4.74 Å². The highest BCUT2D eigenvalue weighted by atomic mass is 35.5. The Balaban J connectivity index is 2.53. The van der Waals surface area contributed by atoms with E-state index in [9.17, 15) is 8.78 Å². The molecule has 5 heteroatoms. The number of aryl methyl sites for hydroxylation is 1. The smallest absolute Gasteiger partial charge is 0.387 e. The maximum absolute atomic E-state index is 12.0. The van der Waals surface area contributed by atoms with Gasteiger partial charge in [0, 0.05) is 11.5 Å². The normalized spacial score (nSPS) is 11.1. The van der Waals surface area contributed by atoms with Crippen LogP contribution in [-0.2, 0) is 0 Å². The van der Waals surface area contributed by atoms with Crippen LogP contribution in [-0.4, -0.2) is 11.6 Å². The van der Waals surface area contributed by atoms with Crippen LogP contribution in [0, 0.1) is 6.92 Å². The van der Waals surface area contributed by atoms with Gasteiger partial charge in [-0.15, -0.1) is 0 Å². The number of nitrogens with zero attached hydrogens (tertiary/aromatic N) is 1. The lowest BCUT2D eigenvalue weighted by molar-refractivity contribution is -0.0497. The van der Waals surface area contributed by atoms with E-state index < -0.39 is 6.61 Å². The molecule has 2 rings (SSSR count). The third kappa shape index (κ3) is 2.22. The number of rotatable bonds is 2. The molecule has 0 saturated carbocycles. The zero-order valence-corrected chi connectivity index (χ0v) is 9.13. The number of halogens is 3. The number of ether oxygens (including phenoxy) is 1. The monoisotopic (exact) mass is 243 g/mol. The molecule has 1 aromatic carbocycles. The van der Waals surface area contributed by atoms with Gasteiger partial charge in [-0.3, -0.25) is 0 Å². The molecule has 0 amide bonds. The lowest BCUT2D eigenvalue weighted by atomic mass is 10.1.